The van der Waals surface area contributed by atoms with E-state index >= 15 is 0 Å². The molecule has 1 aliphatic rings. The van der Waals surface area contributed by atoms with Crippen molar-refractivity contribution in [2.45, 2.75) is 31.2 Å². The molecule has 0 saturated heterocycles. The van der Waals surface area contributed by atoms with E-state index in [4.69, 9.17) is 0 Å². The third kappa shape index (κ3) is 1.63. The smallest absolute Gasteiger partial charge is 0.313 e. The lowest BCUT2D eigenvalue weighted by Crippen LogP contribution is -2.27. The molecule has 1 unspecified atom stereocenters. The van der Waals surface area contributed by atoms with Crippen LogP contribution in [0.2, 0.25) is 0 Å². The molecule has 3 nitrogen and oxygen atoms in total. The van der Waals surface area contributed by atoms with Crippen LogP contribution in [0.4, 0.5) is 13.2 Å². The first-order valence-electron chi connectivity index (χ1n) is 4.65. The Hall–Kier alpha value is -0.980. The van der Waals surface area contributed by atoms with E-state index < -0.39 is 17.4 Å². The largest absolute Gasteiger partial charge is 0.431 e. The molecule has 0 aliphatic carbocycles. The Morgan fingerprint density at radius 1 is 1.50 bits per heavy atom. The molecule has 0 fully saturated rings. The third-order valence-electron chi connectivity index (χ3n) is 2.48. The van der Waals surface area contributed by atoms with Gasteiger partial charge in [0.05, 0.1) is 0 Å². The van der Waals surface area contributed by atoms with Gasteiger partial charge in [-0.2, -0.15) is 18.2 Å². The summed E-state index contributed by atoms with van der Waals surface area (Å²) in [4.78, 5) is 15.0. The second-order valence-corrected chi connectivity index (χ2v) is 4.69. The van der Waals surface area contributed by atoms with Gasteiger partial charge in [0.1, 0.15) is 5.69 Å². The molecule has 1 aromatic rings. The Kier molecular flexibility index (Phi) is 2.52. The summed E-state index contributed by atoms with van der Waals surface area (Å²) in [5, 5.41) is 0.162. The first kappa shape index (κ1) is 11.5. The second-order valence-electron chi connectivity index (χ2n) is 3.70. The van der Waals surface area contributed by atoms with Gasteiger partial charge in [-0.15, -0.1) is 0 Å². The van der Waals surface area contributed by atoms with Gasteiger partial charge in [-0.25, -0.2) is 0 Å². The van der Waals surface area contributed by atoms with Gasteiger partial charge in [0.15, 0.2) is 5.16 Å². The summed E-state index contributed by atoms with van der Waals surface area (Å²) in [6.45, 7) is 2.85. The van der Waals surface area contributed by atoms with Gasteiger partial charge in [0.2, 0.25) is 0 Å². The van der Waals surface area contributed by atoms with Gasteiger partial charge in [0.25, 0.3) is 5.56 Å². The van der Waals surface area contributed by atoms with E-state index in [9.17, 15) is 18.0 Å². The van der Waals surface area contributed by atoms with Gasteiger partial charge in [-0.3, -0.25) is 4.79 Å². The zero-order valence-electron chi connectivity index (χ0n) is 8.63. The monoisotopic (exact) mass is 250 g/mol. The average Bonchev–Trinajstić information content (AvgIpc) is 2.47. The summed E-state index contributed by atoms with van der Waals surface area (Å²) in [5.41, 5.74) is -1.98. The van der Waals surface area contributed by atoms with Crippen LogP contribution in [-0.4, -0.2) is 15.3 Å². The molecule has 0 N–H and O–H groups in total. The molecular formula is C9H9F3N2OS. The summed E-state index contributed by atoms with van der Waals surface area (Å²) in [6, 6.07) is -0.288. The molecule has 0 radical (unpaired) electrons. The lowest BCUT2D eigenvalue weighted by atomic mass is 10.2. The molecule has 7 heteroatoms. The minimum absolute atomic E-state index is 0.162. The predicted octanol–water partition coefficient (Wildman–Crippen LogP) is 2.24. The Morgan fingerprint density at radius 3 is 2.69 bits per heavy atom. The lowest BCUT2D eigenvalue weighted by Gasteiger charge is -2.18. The number of hydrogen-bond donors (Lipinski definition) is 0. The van der Waals surface area contributed by atoms with Crippen molar-refractivity contribution >= 4 is 11.8 Å². The van der Waals surface area contributed by atoms with Crippen molar-refractivity contribution in [3.8, 4) is 0 Å². The topological polar surface area (TPSA) is 34.9 Å². The minimum Gasteiger partial charge on any atom is -0.313 e. The van der Waals surface area contributed by atoms with E-state index in [-0.39, 0.29) is 16.8 Å². The van der Waals surface area contributed by atoms with Crippen molar-refractivity contribution in [1.29, 1.82) is 0 Å². The van der Waals surface area contributed by atoms with Crippen molar-refractivity contribution in [3.63, 3.8) is 0 Å². The number of thioether (sulfide) groups is 1. The van der Waals surface area contributed by atoms with Gasteiger partial charge in [0, 0.05) is 17.4 Å². The Labute approximate surface area is 93.7 Å². The Bertz CT molecular complexity index is 495. The number of aromatic nitrogens is 2. The Morgan fingerprint density at radius 2 is 2.12 bits per heavy atom. The van der Waals surface area contributed by atoms with Gasteiger partial charge in [-0.1, -0.05) is 11.8 Å². The molecule has 88 valence electrons. The van der Waals surface area contributed by atoms with E-state index in [0.29, 0.717) is 5.75 Å². The maximum absolute atomic E-state index is 12.9. The summed E-state index contributed by atoms with van der Waals surface area (Å²) < 4.78 is 39.7. The lowest BCUT2D eigenvalue weighted by molar-refractivity contribution is -0.145. The minimum atomic E-state index is -4.51. The first-order chi connectivity index (χ1) is 7.32. The Balaban J connectivity index is 2.80. The third-order valence-corrected chi connectivity index (χ3v) is 3.68. The molecule has 1 aromatic heterocycles. The molecule has 0 spiro atoms. The zero-order chi connectivity index (χ0) is 12.1. The highest BCUT2D eigenvalue weighted by atomic mass is 32.2. The number of fused-ring (bicyclic) bond motifs is 1. The molecule has 2 heterocycles. The van der Waals surface area contributed by atoms with E-state index in [1.165, 1.54) is 18.7 Å². The number of alkyl halides is 3. The van der Waals surface area contributed by atoms with Crippen LogP contribution in [0, 0.1) is 6.92 Å². The molecule has 1 atom stereocenters. The van der Waals surface area contributed by atoms with Gasteiger partial charge >= 0.3 is 6.18 Å². The fourth-order valence-corrected chi connectivity index (χ4v) is 2.83. The van der Waals surface area contributed by atoms with E-state index in [2.05, 4.69) is 4.98 Å². The summed E-state index contributed by atoms with van der Waals surface area (Å²) >= 11 is 1.18. The molecule has 2 rings (SSSR count). The standard InChI is InChI=1S/C9H9F3N2OS/c1-4-3-16-8-13-7(15)5(2)6(14(4)8)9(10,11)12/h4H,3H2,1-2H3. The highest BCUT2D eigenvalue weighted by molar-refractivity contribution is 7.99. The van der Waals surface area contributed by atoms with Crippen molar-refractivity contribution in [2.75, 3.05) is 5.75 Å². The van der Waals surface area contributed by atoms with Crippen LogP contribution in [0.1, 0.15) is 24.2 Å². The quantitative estimate of drug-likeness (QED) is 0.662. The maximum atomic E-state index is 12.9. The zero-order valence-corrected chi connectivity index (χ0v) is 9.45. The van der Waals surface area contributed by atoms with E-state index in [1.807, 2.05) is 0 Å². The average molecular weight is 250 g/mol. The molecule has 0 aromatic carbocycles. The van der Waals surface area contributed by atoms with Crippen molar-refractivity contribution in [1.82, 2.24) is 9.55 Å². The van der Waals surface area contributed by atoms with E-state index in [0.717, 1.165) is 4.57 Å². The van der Waals surface area contributed by atoms with E-state index in [1.54, 1.807) is 6.92 Å². The van der Waals surface area contributed by atoms with Crippen LogP contribution in [0.5, 0.6) is 0 Å². The molecule has 0 bridgehead atoms. The number of halogens is 3. The molecule has 1 aliphatic heterocycles. The molecular weight excluding hydrogens is 241 g/mol. The number of hydrogen-bond acceptors (Lipinski definition) is 3. The van der Waals surface area contributed by atoms with Crippen LogP contribution in [0.15, 0.2) is 9.95 Å². The fourth-order valence-electron chi connectivity index (χ4n) is 1.73. The van der Waals surface area contributed by atoms with Crippen LogP contribution in [0.25, 0.3) is 0 Å². The molecule has 0 amide bonds. The van der Waals surface area contributed by atoms with Crippen LogP contribution < -0.4 is 5.56 Å². The van der Waals surface area contributed by atoms with Crippen LogP contribution >= 0.6 is 11.8 Å². The van der Waals surface area contributed by atoms with Crippen molar-refractivity contribution in [3.05, 3.63) is 21.6 Å². The summed E-state index contributed by atoms with van der Waals surface area (Å²) in [7, 11) is 0. The highest BCUT2D eigenvalue weighted by Crippen LogP contribution is 2.39. The maximum Gasteiger partial charge on any atom is 0.431 e. The second kappa shape index (κ2) is 3.51. The normalized spacial score (nSPS) is 19.9. The fraction of sp³-hybridized carbons (Fsp3) is 0.556. The predicted molar refractivity (Wildman–Crippen MR) is 53.7 cm³/mol. The highest BCUT2D eigenvalue weighted by Gasteiger charge is 2.40. The van der Waals surface area contributed by atoms with Crippen molar-refractivity contribution < 1.29 is 13.2 Å². The van der Waals surface area contributed by atoms with Gasteiger partial charge in [-0.05, 0) is 13.8 Å². The summed E-state index contributed by atoms with van der Waals surface area (Å²) in [6.07, 6.45) is -4.51. The van der Waals surface area contributed by atoms with Crippen LogP contribution in [0.3, 0.4) is 0 Å². The summed E-state index contributed by atoms with van der Waals surface area (Å²) in [5.74, 6) is 0.513. The molecule has 0 saturated carbocycles. The van der Waals surface area contributed by atoms with Crippen molar-refractivity contribution in [2.24, 2.45) is 0 Å². The van der Waals surface area contributed by atoms with Gasteiger partial charge < -0.3 is 4.57 Å². The number of nitrogens with zero attached hydrogens (tertiary/aromatic N) is 2. The molecule has 16 heavy (non-hydrogen) atoms. The van der Waals surface area contributed by atoms with Crippen LogP contribution in [-0.2, 0) is 6.18 Å². The number of rotatable bonds is 0. The first-order valence-corrected chi connectivity index (χ1v) is 5.64. The SMILES string of the molecule is Cc1c(C(F)(F)F)n2c(nc1=O)SCC2C.